The molecule has 2 fully saturated rings. The van der Waals surface area contributed by atoms with E-state index in [1.807, 2.05) is 0 Å². The molecule has 1 aliphatic carbocycles. The van der Waals surface area contributed by atoms with Crippen LogP contribution in [0.1, 0.15) is 36.0 Å². The van der Waals surface area contributed by atoms with E-state index in [1.165, 1.54) is 12.8 Å². The van der Waals surface area contributed by atoms with Gasteiger partial charge in [0.15, 0.2) is 0 Å². The molecule has 2 aromatic rings. The number of carbonyl (C=O) groups is 1. The average Bonchev–Trinajstić information content (AvgIpc) is 3.41. The minimum absolute atomic E-state index is 0.145. The van der Waals surface area contributed by atoms with E-state index in [-0.39, 0.29) is 11.9 Å². The first-order valence-electron chi connectivity index (χ1n) is 8.41. The summed E-state index contributed by atoms with van der Waals surface area (Å²) < 4.78 is 0. The van der Waals surface area contributed by atoms with Gasteiger partial charge in [0.2, 0.25) is 0 Å². The maximum absolute atomic E-state index is 12.4. The van der Waals surface area contributed by atoms with Crippen molar-refractivity contribution in [1.29, 1.82) is 0 Å². The molecule has 1 amide bonds. The number of likely N-dealkylation sites (tertiary alicyclic amines) is 1. The molecule has 0 atom stereocenters. The Balaban J connectivity index is 1.46. The molecular weight excluding hydrogens is 308 g/mol. The monoisotopic (exact) mass is 328 g/mol. The summed E-state index contributed by atoms with van der Waals surface area (Å²) in [6, 6.07) is 5.86. The van der Waals surface area contributed by atoms with Crippen LogP contribution < -0.4 is 16.4 Å². The number of amides is 1. The van der Waals surface area contributed by atoms with Crippen molar-refractivity contribution in [2.75, 3.05) is 13.1 Å². The number of benzene rings is 1. The van der Waals surface area contributed by atoms with Crippen LogP contribution in [0.3, 0.4) is 0 Å². The number of piperidine rings is 1. The van der Waals surface area contributed by atoms with Crippen molar-refractivity contribution in [1.82, 2.24) is 20.2 Å². The molecule has 1 saturated carbocycles. The van der Waals surface area contributed by atoms with Gasteiger partial charge >= 0.3 is 11.1 Å². The second-order valence-corrected chi connectivity index (χ2v) is 6.68. The molecule has 0 radical (unpaired) electrons. The number of H-pyrrole nitrogens is 2. The number of fused-ring (bicyclic) bond motifs is 1. The van der Waals surface area contributed by atoms with E-state index >= 15 is 0 Å². The lowest BCUT2D eigenvalue weighted by atomic mass is 10.0. The van der Waals surface area contributed by atoms with Crippen LogP contribution in [0.2, 0.25) is 0 Å². The highest BCUT2D eigenvalue weighted by atomic mass is 16.2. The molecule has 1 saturated heterocycles. The van der Waals surface area contributed by atoms with Gasteiger partial charge in [-0.3, -0.25) is 14.4 Å². The Bertz CT molecular complexity index is 889. The number of nitrogens with one attached hydrogen (secondary N) is 3. The zero-order chi connectivity index (χ0) is 16.7. The highest BCUT2D eigenvalue weighted by Gasteiger charge is 2.32. The highest BCUT2D eigenvalue weighted by molar-refractivity contribution is 5.97. The van der Waals surface area contributed by atoms with Crippen LogP contribution in [-0.4, -0.2) is 45.9 Å². The van der Waals surface area contributed by atoms with Crippen molar-refractivity contribution >= 4 is 16.9 Å². The molecule has 2 aliphatic rings. The van der Waals surface area contributed by atoms with E-state index in [4.69, 9.17) is 0 Å². The van der Waals surface area contributed by atoms with E-state index in [1.54, 1.807) is 18.2 Å². The maximum Gasteiger partial charge on any atom is 0.314 e. The fraction of sp³-hybridized carbons (Fsp3) is 0.471. The SMILES string of the molecule is O=C(NC1CCN(C2CC2)CC1)c1ccc2[nH]c(=O)c(=O)[nH]c2c1. The minimum Gasteiger partial charge on any atom is -0.349 e. The summed E-state index contributed by atoms with van der Waals surface area (Å²) in [6.45, 7) is 2.09. The molecule has 3 N–H and O–H groups in total. The summed E-state index contributed by atoms with van der Waals surface area (Å²) in [4.78, 5) is 42.7. The Morgan fingerprint density at radius 2 is 1.67 bits per heavy atom. The molecular formula is C17H20N4O3. The second-order valence-electron chi connectivity index (χ2n) is 6.68. The maximum atomic E-state index is 12.4. The van der Waals surface area contributed by atoms with E-state index in [0.717, 1.165) is 32.0 Å². The number of hydrogen-bond acceptors (Lipinski definition) is 4. The molecule has 1 aliphatic heterocycles. The third-order valence-electron chi connectivity index (χ3n) is 4.91. The molecule has 4 rings (SSSR count). The number of aromatic nitrogens is 2. The van der Waals surface area contributed by atoms with Gasteiger partial charge in [-0.1, -0.05) is 0 Å². The molecule has 0 bridgehead atoms. The molecule has 0 spiro atoms. The minimum atomic E-state index is -0.715. The Labute approximate surface area is 138 Å². The number of carbonyl (C=O) groups excluding carboxylic acids is 1. The standard InChI is InChI=1S/C17H20N4O3/c22-15(18-11-5-7-21(8-6-11)12-2-3-12)10-1-4-13-14(9-10)20-17(24)16(23)19-13/h1,4,9,11-12H,2-3,5-8H2,(H,18,22)(H,19,23)(H,20,24). The quantitative estimate of drug-likeness (QED) is 0.718. The number of hydrogen-bond donors (Lipinski definition) is 3. The molecule has 1 aromatic carbocycles. The van der Waals surface area contributed by atoms with Gasteiger partial charge in [-0.25, -0.2) is 0 Å². The molecule has 126 valence electrons. The Morgan fingerprint density at radius 1 is 1.00 bits per heavy atom. The molecule has 7 nitrogen and oxygen atoms in total. The average molecular weight is 328 g/mol. The molecule has 2 heterocycles. The van der Waals surface area contributed by atoms with Gasteiger partial charge in [0.1, 0.15) is 0 Å². The summed E-state index contributed by atoms with van der Waals surface area (Å²) in [5.41, 5.74) is 0.0362. The first-order valence-corrected chi connectivity index (χ1v) is 8.41. The van der Waals surface area contributed by atoms with E-state index < -0.39 is 11.1 Å². The van der Waals surface area contributed by atoms with E-state index in [0.29, 0.717) is 16.6 Å². The fourth-order valence-corrected chi connectivity index (χ4v) is 3.37. The largest absolute Gasteiger partial charge is 0.349 e. The van der Waals surface area contributed by atoms with E-state index in [2.05, 4.69) is 20.2 Å². The van der Waals surface area contributed by atoms with Gasteiger partial charge in [-0.15, -0.1) is 0 Å². The predicted octanol–water partition coefficient (Wildman–Crippen LogP) is 0.573. The van der Waals surface area contributed by atoms with Gasteiger partial charge in [-0.2, -0.15) is 0 Å². The Morgan fingerprint density at radius 3 is 2.33 bits per heavy atom. The van der Waals surface area contributed by atoms with Crippen LogP contribution in [0.15, 0.2) is 27.8 Å². The van der Waals surface area contributed by atoms with Crippen LogP contribution in [0, 0.1) is 0 Å². The van der Waals surface area contributed by atoms with Gasteiger partial charge in [0.25, 0.3) is 5.91 Å². The van der Waals surface area contributed by atoms with Crippen LogP contribution in [0.25, 0.3) is 11.0 Å². The summed E-state index contributed by atoms with van der Waals surface area (Å²) in [7, 11) is 0. The fourth-order valence-electron chi connectivity index (χ4n) is 3.37. The van der Waals surface area contributed by atoms with Crippen molar-refractivity contribution < 1.29 is 4.79 Å². The van der Waals surface area contributed by atoms with Gasteiger partial charge in [0.05, 0.1) is 11.0 Å². The van der Waals surface area contributed by atoms with Gasteiger partial charge in [-0.05, 0) is 43.9 Å². The van der Waals surface area contributed by atoms with Crippen LogP contribution in [-0.2, 0) is 0 Å². The third kappa shape index (κ3) is 2.99. The van der Waals surface area contributed by atoms with E-state index in [9.17, 15) is 14.4 Å². The van der Waals surface area contributed by atoms with Gasteiger partial charge < -0.3 is 20.2 Å². The van der Waals surface area contributed by atoms with Crippen molar-refractivity contribution in [3.05, 3.63) is 44.5 Å². The molecule has 1 aromatic heterocycles. The zero-order valence-corrected chi connectivity index (χ0v) is 13.3. The smallest absolute Gasteiger partial charge is 0.314 e. The lowest BCUT2D eigenvalue weighted by molar-refractivity contribution is 0.0909. The van der Waals surface area contributed by atoms with Crippen molar-refractivity contribution in [2.24, 2.45) is 0 Å². The van der Waals surface area contributed by atoms with Crippen LogP contribution >= 0.6 is 0 Å². The molecule has 24 heavy (non-hydrogen) atoms. The van der Waals surface area contributed by atoms with Crippen molar-refractivity contribution in [3.63, 3.8) is 0 Å². The number of aromatic amines is 2. The summed E-state index contributed by atoms with van der Waals surface area (Å²) in [5, 5.41) is 3.08. The predicted molar refractivity (Wildman–Crippen MR) is 90.3 cm³/mol. The Hall–Kier alpha value is -2.41. The first-order chi connectivity index (χ1) is 11.6. The third-order valence-corrected chi connectivity index (χ3v) is 4.91. The first kappa shape index (κ1) is 15.1. The molecule has 7 heteroatoms. The number of nitrogens with zero attached hydrogens (tertiary/aromatic N) is 1. The zero-order valence-electron chi connectivity index (χ0n) is 13.3. The van der Waals surface area contributed by atoms with Crippen molar-refractivity contribution in [3.8, 4) is 0 Å². The summed E-state index contributed by atoms with van der Waals surface area (Å²) in [5.74, 6) is -0.145. The Kier molecular flexibility index (Phi) is 3.72. The van der Waals surface area contributed by atoms with Gasteiger partial charge in [0, 0.05) is 30.7 Å². The second kappa shape index (κ2) is 5.90. The summed E-state index contributed by atoms with van der Waals surface area (Å²) in [6.07, 6.45) is 4.57. The molecule has 0 unspecified atom stereocenters. The number of rotatable bonds is 3. The van der Waals surface area contributed by atoms with Crippen LogP contribution in [0.4, 0.5) is 0 Å². The topological polar surface area (TPSA) is 98.1 Å². The summed E-state index contributed by atoms with van der Waals surface area (Å²) >= 11 is 0. The lowest BCUT2D eigenvalue weighted by Gasteiger charge is -2.32. The van der Waals surface area contributed by atoms with Crippen molar-refractivity contribution in [2.45, 2.75) is 37.8 Å². The highest BCUT2D eigenvalue weighted by Crippen LogP contribution is 2.29. The van der Waals surface area contributed by atoms with Crippen LogP contribution in [0.5, 0.6) is 0 Å². The normalized spacial score (nSPS) is 19.5. The lowest BCUT2D eigenvalue weighted by Crippen LogP contribution is -2.45.